The van der Waals surface area contributed by atoms with E-state index in [9.17, 15) is 0 Å². The van der Waals surface area contributed by atoms with Crippen molar-refractivity contribution in [1.82, 2.24) is 4.90 Å². The monoisotopic (exact) mass is 361 g/mol. The number of nitrogens with zero attached hydrogens (tertiary/aromatic N) is 2. The normalized spacial score (nSPS) is 9.63. The van der Waals surface area contributed by atoms with Crippen LogP contribution in [0.25, 0.3) is 10.8 Å². The van der Waals surface area contributed by atoms with Crippen LogP contribution >= 0.6 is 0 Å². The first kappa shape index (κ1) is 22.2. The van der Waals surface area contributed by atoms with Crippen molar-refractivity contribution in [3.63, 3.8) is 0 Å². The fraction of sp³-hybridized carbons (Fsp3) is 0.292. The van der Waals surface area contributed by atoms with E-state index in [0.29, 0.717) is 6.54 Å². The Labute approximate surface area is 164 Å². The number of rotatable bonds is 5. The van der Waals surface area contributed by atoms with Crippen molar-refractivity contribution < 1.29 is 0 Å². The number of benzene rings is 3. The van der Waals surface area contributed by atoms with Crippen LogP contribution in [0.1, 0.15) is 38.8 Å². The van der Waals surface area contributed by atoms with E-state index in [4.69, 9.17) is 11.0 Å². The standard InChI is InChI=1S/C20H19N3.2C2H6/c21-11-12-23(14-16-6-9-20(22)10-7-16)15-17-5-8-18-3-1-2-4-19(18)13-17;2*1-2/h1-10,13H,12,14-15,22H2;2*1-2H3. The molecule has 0 atom stereocenters. The highest BCUT2D eigenvalue weighted by Crippen LogP contribution is 2.18. The first-order chi connectivity index (χ1) is 13.2. The number of hydrogen-bond acceptors (Lipinski definition) is 3. The van der Waals surface area contributed by atoms with Crippen LogP contribution in [0.4, 0.5) is 5.69 Å². The van der Waals surface area contributed by atoms with E-state index in [1.54, 1.807) is 0 Å². The van der Waals surface area contributed by atoms with Gasteiger partial charge in [-0.15, -0.1) is 0 Å². The van der Waals surface area contributed by atoms with E-state index >= 15 is 0 Å². The predicted octanol–water partition coefficient (Wildman–Crippen LogP) is 6.00. The molecule has 0 aliphatic rings. The van der Waals surface area contributed by atoms with Gasteiger partial charge in [0.25, 0.3) is 0 Å². The zero-order chi connectivity index (χ0) is 20.1. The van der Waals surface area contributed by atoms with Crippen molar-refractivity contribution >= 4 is 16.5 Å². The van der Waals surface area contributed by atoms with Gasteiger partial charge in [0.05, 0.1) is 12.6 Å². The molecule has 0 aliphatic carbocycles. The van der Waals surface area contributed by atoms with Crippen LogP contribution < -0.4 is 5.73 Å². The second-order valence-electron chi connectivity index (χ2n) is 5.73. The molecule has 0 radical (unpaired) electrons. The molecule has 3 aromatic carbocycles. The van der Waals surface area contributed by atoms with Crippen LogP contribution in [0, 0.1) is 11.3 Å². The summed E-state index contributed by atoms with van der Waals surface area (Å²) in [6, 6.07) is 24.9. The molecule has 0 heterocycles. The highest BCUT2D eigenvalue weighted by molar-refractivity contribution is 5.82. The molecule has 0 bridgehead atoms. The number of nitriles is 1. The third kappa shape index (κ3) is 7.13. The van der Waals surface area contributed by atoms with Gasteiger partial charge in [-0.25, -0.2) is 0 Å². The highest BCUT2D eigenvalue weighted by atomic mass is 15.1. The lowest BCUT2D eigenvalue weighted by atomic mass is 10.1. The van der Waals surface area contributed by atoms with E-state index in [1.165, 1.54) is 16.3 Å². The highest BCUT2D eigenvalue weighted by Gasteiger charge is 2.07. The quantitative estimate of drug-likeness (QED) is 0.448. The first-order valence-electron chi connectivity index (χ1n) is 9.66. The van der Waals surface area contributed by atoms with Crippen LogP contribution in [0.3, 0.4) is 0 Å². The number of nitrogens with two attached hydrogens (primary N) is 1. The van der Waals surface area contributed by atoms with E-state index in [2.05, 4.69) is 41.3 Å². The Balaban J connectivity index is 0.000000855. The van der Waals surface area contributed by atoms with Gasteiger partial charge < -0.3 is 5.73 Å². The summed E-state index contributed by atoms with van der Waals surface area (Å²) in [6.07, 6.45) is 0. The zero-order valence-electron chi connectivity index (χ0n) is 16.9. The molecule has 0 unspecified atom stereocenters. The molecule has 0 amide bonds. The maximum atomic E-state index is 9.10. The second-order valence-corrected chi connectivity index (χ2v) is 5.73. The van der Waals surface area contributed by atoms with Gasteiger partial charge in [-0.1, -0.05) is 76.2 Å². The van der Waals surface area contributed by atoms with E-state index in [-0.39, 0.29) is 0 Å². The van der Waals surface area contributed by atoms with Crippen LogP contribution in [-0.4, -0.2) is 11.4 Å². The topological polar surface area (TPSA) is 53.0 Å². The summed E-state index contributed by atoms with van der Waals surface area (Å²) in [7, 11) is 0. The van der Waals surface area contributed by atoms with E-state index in [1.807, 2.05) is 64.1 Å². The molecule has 0 fully saturated rings. The Morgan fingerprint density at radius 1 is 0.778 bits per heavy atom. The second kappa shape index (κ2) is 12.5. The lowest BCUT2D eigenvalue weighted by Crippen LogP contribution is -2.23. The molecule has 3 aromatic rings. The Bertz CT molecular complexity index is 832. The van der Waals surface area contributed by atoms with Crippen molar-refractivity contribution in [3.8, 4) is 6.07 Å². The van der Waals surface area contributed by atoms with Crippen LogP contribution in [-0.2, 0) is 13.1 Å². The van der Waals surface area contributed by atoms with Gasteiger partial charge in [0, 0.05) is 18.8 Å². The fourth-order valence-corrected chi connectivity index (χ4v) is 2.74. The molecular weight excluding hydrogens is 330 g/mol. The maximum Gasteiger partial charge on any atom is 0.0871 e. The van der Waals surface area contributed by atoms with Gasteiger partial charge in [0.15, 0.2) is 0 Å². The minimum absolute atomic E-state index is 0.400. The Kier molecular flexibility index (Phi) is 10.3. The number of fused-ring (bicyclic) bond motifs is 1. The third-order valence-corrected chi connectivity index (χ3v) is 3.90. The number of nitrogen functional groups attached to an aromatic ring is 1. The fourth-order valence-electron chi connectivity index (χ4n) is 2.74. The van der Waals surface area contributed by atoms with Crippen LogP contribution in [0.5, 0.6) is 0 Å². The van der Waals surface area contributed by atoms with Crippen molar-refractivity contribution in [2.24, 2.45) is 0 Å². The van der Waals surface area contributed by atoms with Crippen LogP contribution in [0.15, 0.2) is 66.7 Å². The minimum Gasteiger partial charge on any atom is -0.399 e. The van der Waals surface area contributed by atoms with E-state index in [0.717, 1.165) is 24.3 Å². The molecule has 2 N–H and O–H groups in total. The third-order valence-electron chi connectivity index (χ3n) is 3.90. The molecule has 0 aliphatic heterocycles. The summed E-state index contributed by atoms with van der Waals surface area (Å²) in [5.41, 5.74) is 8.87. The number of hydrogen-bond donors (Lipinski definition) is 1. The molecule has 3 nitrogen and oxygen atoms in total. The lowest BCUT2D eigenvalue weighted by molar-refractivity contribution is 0.289. The molecule has 0 aromatic heterocycles. The van der Waals surface area contributed by atoms with Crippen LogP contribution in [0.2, 0.25) is 0 Å². The van der Waals surface area contributed by atoms with Gasteiger partial charge in [0.2, 0.25) is 0 Å². The van der Waals surface area contributed by atoms with Crippen molar-refractivity contribution in [3.05, 3.63) is 77.9 Å². The zero-order valence-corrected chi connectivity index (χ0v) is 16.9. The minimum atomic E-state index is 0.400. The maximum absolute atomic E-state index is 9.10. The first-order valence-corrected chi connectivity index (χ1v) is 9.66. The largest absolute Gasteiger partial charge is 0.399 e. The molecule has 0 spiro atoms. The summed E-state index contributed by atoms with van der Waals surface area (Å²) in [6.45, 7) is 9.89. The van der Waals surface area contributed by atoms with Gasteiger partial charge in [-0.2, -0.15) is 5.26 Å². The smallest absolute Gasteiger partial charge is 0.0871 e. The summed E-state index contributed by atoms with van der Waals surface area (Å²) < 4.78 is 0. The van der Waals surface area contributed by atoms with Crippen molar-refractivity contribution in [2.75, 3.05) is 12.3 Å². The Hall–Kier alpha value is -2.83. The molecule has 0 saturated carbocycles. The Morgan fingerprint density at radius 2 is 1.33 bits per heavy atom. The molecule has 3 heteroatoms. The Morgan fingerprint density at radius 3 is 1.96 bits per heavy atom. The SMILES string of the molecule is CC.CC.N#CCN(Cc1ccc(N)cc1)Cc1ccc2ccccc2c1. The predicted molar refractivity (Wildman–Crippen MR) is 117 cm³/mol. The molecule has 3 rings (SSSR count). The van der Waals surface area contributed by atoms with Crippen molar-refractivity contribution in [1.29, 1.82) is 5.26 Å². The van der Waals surface area contributed by atoms with Gasteiger partial charge in [0.1, 0.15) is 0 Å². The summed E-state index contributed by atoms with van der Waals surface area (Å²) in [5, 5.41) is 11.6. The average molecular weight is 362 g/mol. The molecule has 27 heavy (non-hydrogen) atoms. The van der Waals surface area contributed by atoms with Crippen molar-refractivity contribution in [2.45, 2.75) is 40.8 Å². The summed E-state index contributed by atoms with van der Waals surface area (Å²) in [4.78, 5) is 2.13. The van der Waals surface area contributed by atoms with Gasteiger partial charge in [-0.05, 0) is 40.1 Å². The summed E-state index contributed by atoms with van der Waals surface area (Å²) >= 11 is 0. The molecule has 142 valence electrons. The molecule has 0 saturated heterocycles. The lowest BCUT2D eigenvalue weighted by Gasteiger charge is -2.19. The van der Waals surface area contributed by atoms with Gasteiger partial charge in [-0.3, -0.25) is 4.90 Å². The number of anilines is 1. The molecular formula is C24H31N3. The average Bonchev–Trinajstić information content (AvgIpc) is 2.73. The summed E-state index contributed by atoms with van der Waals surface area (Å²) in [5.74, 6) is 0. The van der Waals surface area contributed by atoms with E-state index < -0.39 is 0 Å². The van der Waals surface area contributed by atoms with Gasteiger partial charge >= 0.3 is 0 Å².